The number of amides is 2. The summed E-state index contributed by atoms with van der Waals surface area (Å²) in [6.45, 7) is 1.27. The molecule has 0 saturated heterocycles. The Morgan fingerprint density at radius 3 is 2.40 bits per heavy atom. The molecule has 0 fully saturated rings. The summed E-state index contributed by atoms with van der Waals surface area (Å²) in [6.07, 6.45) is -4.78. The van der Waals surface area contributed by atoms with Gasteiger partial charge in [-0.25, -0.2) is 18.2 Å². The summed E-state index contributed by atoms with van der Waals surface area (Å²) in [7, 11) is 1.12. The van der Waals surface area contributed by atoms with E-state index in [0.717, 1.165) is 42.3 Å². The molecule has 0 bridgehead atoms. The molecule has 0 spiro atoms. The Morgan fingerprint density at radius 1 is 1.06 bits per heavy atom. The van der Waals surface area contributed by atoms with E-state index in [9.17, 15) is 35.9 Å². The molecule has 5 nitrogen and oxygen atoms in total. The fourth-order valence-electron chi connectivity index (χ4n) is 3.83. The molecular weight excluding hydrogens is 500 g/mol. The van der Waals surface area contributed by atoms with Crippen molar-refractivity contribution in [3.63, 3.8) is 0 Å². The largest absolute Gasteiger partial charge is 0.416 e. The monoisotopic (exact) mass is 513 g/mol. The Bertz CT molecular complexity index is 1380. The minimum Gasteiger partial charge on any atom is -0.311 e. The summed E-state index contributed by atoms with van der Waals surface area (Å²) in [5.41, 5.74) is -1.96. The van der Waals surface area contributed by atoms with E-state index >= 15 is 0 Å². The predicted molar refractivity (Wildman–Crippen MR) is 115 cm³/mol. The quantitative estimate of drug-likeness (QED) is 0.326. The van der Waals surface area contributed by atoms with Crippen LogP contribution in [0.2, 0.25) is 5.02 Å². The number of hydrogen-bond donors (Lipinski definition) is 0. The first kappa shape index (κ1) is 24.5. The second kappa shape index (κ2) is 8.56. The number of likely N-dealkylation sites (N-methyl/N-ethyl adjacent to an activating group) is 1. The molecule has 0 saturated carbocycles. The summed E-state index contributed by atoms with van der Waals surface area (Å²) in [5.74, 6) is -5.51. The van der Waals surface area contributed by atoms with E-state index in [4.69, 9.17) is 11.6 Å². The van der Waals surface area contributed by atoms with E-state index in [-0.39, 0.29) is 16.8 Å². The Kier molecular flexibility index (Phi) is 6.00. The van der Waals surface area contributed by atoms with Gasteiger partial charge in [-0.1, -0.05) is 17.7 Å². The van der Waals surface area contributed by atoms with E-state index in [0.29, 0.717) is 17.0 Å². The van der Waals surface area contributed by atoms with Crippen molar-refractivity contribution in [2.24, 2.45) is 0 Å². The first-order valence-corrected chi connectivity index (χ1v) is 10.3. The maximum absolute atomic E-state index is 14.5. The molecule has 182 valence electrons. The van der Waals surface area contributed by atoms with Crippen molar-refractivity contribution in [2.75, 3.05) is 16.8 Å². The van der Waals surface area contributed by atoms with Gasteiger partial charge >= 0.3 is 6.18 Å². The van der Waals surface area contributed by atoms with E-state index < -0.39 is 63.6 Å². The first-order valence-electron chi connectivity index (χ1n) is 9.90. The highest BCUT2D eigenvalue weighted by Crippen LogP contribution is 2.41. The number of anilines is 2. The van der Waals surface area contributed by atoms with Crippen LogP contribution in [0, 0.1) is 24.4 Å². The minimum atomic E-state index is -4.78. The summed E-state index contributed by atoms with van der Waals surface area (Å²) in [6, 6.07) is 3.97. The number of hydrogen-bond acceptors (Lipinski definition) is 3. The number of benzene rings is 2. The van der Waals surface area contributed by atoms with Gasteiger partial charge in [0.25, 0.3) is 11.8 Å². The van der Waals surface area contributed by atoms with Gasteiger partial charge in [0.2, 0.25) is 0 Å². The molecule has 35 heavy (non-hydrogen) atoms. The van der Waals surface area contributed by atoms with Crippen LogP contribution in [-0.4, -0.2) is 23.8 Å². The van der Waals surface area contributed by atoms with Crippen LogP contribution < -0.4 is 9.80 Å². The molecule has 12 heteroatoms. The normalized spacial score (nSPS) is 15.4. The molecule has 2 heterocycles. The highest BCUT2D eigenvalue weighted by atomic mass is 35.5. The van der Waals surface area contributed by atoms with Crippen LogP contribution in [-0.2, 0) is 11.0 Å². The van der Waals surface area contributed by atoms with Gasteiger partial charge in [0, 0.05) is 24.4 Å². The summed E-state index contributed by atoms with van der Waals surface area (Å²) < 4.78 is 82.2. The second-order valence-electron chi connectivity index (χ2n) is 7.78. The molecule has 0 N–H and O–H groups in total. The number of pyridine rings is 1. The van der Waals surface area contributed by atoms with E-state index in [1.165, 1.54) is 6.92 Å². The lowest BCUT2D eigenvalue weighted by molar-refractivity contribution is -0.137. The number of aromatic nitrogens is 1. The topological polar surface area (TPSA) is 53.5 Å². The maximum Gasteiger partial charge on any atom is 0.416 e. The van der Waals surface area contributed by atoms with Crippen molar-refractivity contribution in [1.82, 2.24) is 4.98 Å². The van der Waals surface area contributed by atoms with Crippen LogP contribution >= 0.6 is 11.6 Å². The van der Waals surface area contributed by atoms with Gasteiger partial charge in [-0.05, 0) is 42.8 Å². The molecule has 1 aromatic heterocycles. The van der Waals surface area contributed by atoms with Crippen LogP contribution in [0.5, 0.6) is 0 Å². The van der Waals surface area contributed by atoms with E-state index in [1.807, 2.05) is 0 Å². The van der Waals surface area contributed by atoms with Crippen LogP contribution in [0.4, 0.5) is 37.8 Å². The van der Waals surface area contributed by atoms with Crippen molar-refractivity contribution in [3.8, 4) is 0 Å². The molecule has 2 aromatic carbocycles. The fraction of sp³-hybridized carbons (Fsp3) is 0.174. The smallest absolute Gasteiger partial charge is 0.311 e. The van der Waals surface area contributed by atoms with Gasteiger partial charge in [0.15, 0.2) is 0 Å². The number of carbonyl (C=O) groups excluding carboxylic acids is 2. The average molecular weight is 514 g/mol. The third-order valence-electron chi connectivity index (χ3n) is 5.45. The lowest BCUT2D eigenvalue weighted by Gasteiger charge is -2.29. The van der Waals surface area contributed by atoms with Gasteiger partial charge in [0.1, 0.15) is 29.3 Å². The standard InChI is InChI=1S/C23H14ClF6N3O2/c1-10-5-11(23(28,29)30)6-19(31-10)33-20(13-4-3-12(25)7-14(13)21(33)34)22(35)32(2)18-8-15(24)16(26)9-17(18)27/h3-9,20H,1-2H3/t20-/m0/s1. The van der Waals surface area contributed by atoms with Crippen LogP contribution in [0.15, 0.2) is 42.5 Å². The predicted octanol–water partition coefficient (Wildman–Crippen LogP) is 5.84. The summed E-state index contributed by atoms with van der Waals surface area (Å²) >= 11 is 5.72. The second-order valence-corrected chi connectivity index (χ2v) is 8.18. The fourth-order valence-corrected chi connectivity index (χ4v) is 3.99. The van der Waals surface area contributed by atoms with Crippen molar-refractivity contribution < 1.29 is 35.9 Å². The lowest BCUT2D eigenvalue weighted by Crippen LogP contribution is -2.41. The zero-order valence-electron chi connectivity index (χ0n) is 17.9. The summed E-state index contributed by atoms with van der Waals surface area (Å²) in [4.78, 5) is 32.1. The zero-order valence-corrected chi connectivity index (χ0v) is 18.7. The van der Waals surface area contributed by atoms with Gasteiger partial charge in [-0.2, -0.15) is 13.2 Å². The molecular formula is C23H14ClF6N3O2. The summed E-state index contributed by atoms with van der Waals surface area (Å²) in [5, 5.41) is -0.488. The molecule has 0 radical (unpaired) electrons. The minimum absolute atomic E-state index is 0.0290. The molecule has 1 aliphatic heterocycles. The Balaban J connectivity index is 1.88. The number of nitrogens with zero attached hydrogens (tertiary/aromatic N) is 3. The van der Waals surface area contributed by atoms with E-state index in [2.05, 4.69) is 4.98 Å². The number of carbonyl (C=O) groups is 2. The van der Waals surface area contributed by atoms with Gasteiger partial charge in [0.05, 0.1) is 16.3 Å². The molecule has 0 unspecified atom stereocenters. The Hall–Kier alpha value is -3.60. The van der Waals surface area contributed by atoms with Gasteiger partial charge in [-0.15, -0.1) is 0 Å². The maximum atomic E-state index is 14.5. The van der Waals surface area contributed by atoms with Crippen LogP contribution in [0.1, 0.15) is 33.2 Å². The highest BCUT2D eigenvalue weighted by molar-refractivity contribution is 6.31. The number of fused-ring (bicyclic) bond motifs is 1. The number of halogens is 7. The number of alkyl halides is 3. The molecule has 1 atom stereocenters. The zero-order chi connectivity index (χ0) is 25.8. The van der Waals surface area contributed by atoms with Gasteiger partial charge in [-0.3, -0.25) is 14.5 Å². The van der Waals surface area contributed by atoms with Crippen LogP contribution in [0.25, 0.3) is 0 Å². The third-order valence-corrected chi connectivity index (χ3v) is 5.74. The molecule has 0 aliphatic carbocycles. The molecule has 2 amide bonds. The van der Waals surface area contributed by atoms with Crippen molar-refractivity contribution >= 4 is 34.9 Å². The number of rotatable bonds is 3. The Morgan fingerprint density at radius 2 is 1.74 bits per heavy atom. The SMILES string of the molecule is Cc1cc(C(F)(F)F)cc(N2C(=O)c3cc(F)ccc3[C@H]2C(=O)N(C)c2cc(Cl)c(F)cc2F)n1. The average Bonchev–Trinajstić information content (AvgIpc) is 3.06. The highest BCUT2D eigenvalue weighted by Gasteiger charge is 2.45. The molecule has 1 aliphatic rings. The lowest BCUT2D eigenvalue weighted by atomic mass is 10.0. The van der Waals surface area contributed by atoms with Crippen LogP contribution in [0.3, 0.4) is 0 Å². The van der Waals surface area contributed by atoms with Crippen molar-refractivity contribution in [2.45, 2.75) is 19.1 Å². The molecule has 3 aromatic rings. The first-order chi connectivity index (χ1) is 16.3. The number of aryl methyl sites for hydroxylation is 1. The van der Waals surface area contributed by atoms with Gasteiger partial charge < -0.3 is 4.90 Å². The third kappa shape index (κ3) is 4.31. The van der Waals surface area contributed by atoms with E-state index in [1.54, 1.807) is 0 Å². The van der Waals surface area contributed by atoms with Crippen molar-refractivity contribution in [3.05, 3.63) is 87.3 Å². The Labute approximate surface area is 199 Å². The van der Waals surface area contributed by atoms with Crippen molar-refractivity contribution in [1.29, 1.82) is 0 Å². The molecule has 4 rings (SSSR count).